The predicted molar refractivity (Wildman–Crippen MR) is 61.0 cm³/mol. The smallest absolute Gasteiger partial charge is 0.167 e. The molecule has 1 heterocycles. The van der Waals surface area contributed by atoms with Gasteiger partial charge in [-0.3, -0.25) is 4.79 Å². The Kier molecular flexibility index (Phi) is 3.84. The second-order valence-corrected chi connectivity index (χ2v) is 4.35. The third-order valence-corrected chi connectivity index (χ3v) is 3.08. The molecule has 0 bridgehead atoms. The van der Waals surface area contributed by atoms with Crippen molar-refractivity contribution in [2.75, 3.05) is 19.6 Å². The van der Waals surface area contributed by atoms with E-state index in [2.05, 4.69) is 4.90 Å². The number of halogens is 2. The maximum Gasteiger partial charge on any atom is 0.167 e. The topological polar surface area (TPSA) is 20.3 Å². The van der Waals surface area contributed by atoms with Crippen molar-refractivity contribution in [2.24, 2.45) is 0 Å². The summed E-state index contributed by atoms with van der Waals surface area (Å²) < 4.78 is 26.2. The Labute approximate surface area is 99.2 Å². The molecule has 0 aromatic heterocycles. The summed E-state index contributed by atoms with van der Waals surface area (Å²) in [6, 6.07) is 2.99. The zero-order valence-electron chi connectivity index (χ0n) is 9.59. The summed E-state index contributed by atoms with van der Waals surface area (Å²) in [5.74, 6) is -1.54. The van der Waals surface area contributed by atoms with Gasteiger partial charge < -0.3 is 4.90 Å². The van der Waals surface area contributed by atoms with E-state index in [1.807, 2.05) is 0 Å². The molecule has 0 spiro atoms. The zero-order valence-corrected chi connectivity index (χ0v) is 9.59. The second-order valence-electron chi connectivity index (χ2n) is 4.35. The molecule has 1 aliphatic rings. The van der Waals surface area contributed by atoms with Gasteiger partial charge >= 0.3 is 0 Å². The Balaban J connectivity index is 1.96. The standard InChI is InChI=1S/C13H15F2NO/c14-10-3-4-12(15)11(9-10)13(17)5-8-16-6-1-2-7-16/h3-4,9H,1-2,5-8H2. The van der Waals surface area contributed by atoms with Crippen LogP contribution in [0.4, 0.5) is 8.78 Å². The molecule has 0 radical (unpaired) electrons. The van der Waals surface area contributed by atoms with Crippen LogP contribution in [0.15, 0.2) is 18.2 Å². The number of likely N-dealkylation sites (tertiary alicyclic amines) is 1. The summed E-state index contributed by atoms with van der Waals surface area (Å²) in [7, 11) is 0. The second kappa shape index (κ2) is 5.36. The number of hydrogen-bond acceptors (Lipinski definition) is 2. The lowest BCUT2D eigenvalue weighted by molar-refractivity contribution is 0.0964. The number of nitrogens with zero attached hydrogens (tertiary/aromatic N) is 1. The van der Waals surface area contributed by atoms with E-state index in [4.69, 9.17) is 0 Å². The molecule has 0 unspecified atom stereocenters. The number of benzene rings is 1. The zero-order chi connectivity index (χ0) is 12.3. The highest BCUT2D eigenvalue weighted by Crippen LogP contribution is 2.14. The summed E-state index contributed by atoms with van der Waals surface area (Å²) >= 11 is 0. The summed E-state index contributed by atoms with van der Waals surface area (Å²) in [6.07, 6.45) is 2.56. The number of ketones is 1. The van der Waals surface area contributed by atoms with Crippen LogP contribution in [-0.4, -0.2) is 30.3 Å². The van der Waals surface area contributed by atoms with Crippen LogP contribution in [0.1, 0.15) is 29.6 Å². The molecule has 0 aliphatic carbocycles. The quantitative estimate of drug-likeness (QED) is 0.753. The number of hydrogen-bond donors (Lipinski definition) is 0. The Bertz CT molecular complexity index is 414. The third kappa shape index (κ3) is 3.09. The average molecular weight is 239 g/mol. The van der Waals surface area contributed by atoms with Crippen molar-refractivity contribution in [3.8, 4) is 0 Å². The van der Waals surface area contributed by atoms with E-state index in [1.165, 1.54) is 0 Å². The number of rotatable bonds is 4. The molecule has 0 N–H and O–H groups in total. The average Bonchev–Trinajstić information content (AvgIpc) is 2.82. The normalized spacial score (nSPS) is 16.4. The first-order valence-electron chi connectivity index (χ1n) is 5.87. The Morgan fingerprint density at radius 2 is 1.94 bits per heavy atom. The Hall–Kier alpha value is -1.29. The highest BCUT2D eigenvalue weighted by atomic mass is 19.1. The minimum absolute atomic E-state index is 0.135. The molecule has 92 valence electrons. The molecule has 1 aromatic rings. The lowest BCUT2D eigenvalue weighted by Crippen LogP contribution is -2.23. The molecule has 17 heavy (non-hydrogen) atoms. The van der Waals surface area contributed by atoms with Gasteiger partial charge in [-0.25, -0.2) is 8.78 Å². The van der Waals surface area contributed by atoms with Gasteiger partial charge in [0, 0.05) is 13.0 Å². The number of Topliss-reactive ketones (excluding diaryl/α,β-unsaturated/α-hetero) is 1. The van der Waals surface area contributed by atoms with Crippen molar-refractivity contribution in [3.63, 3.8) is 0 Å². The van der Waals surface area contributed by atoms with Crippen LogP contribution >= 0.6 is 0 Å². The number of carbonyl (C=O) groups is 1. The minimum atomic E-state index is -0.641. The van der Waals surface area contributed by atoms with Crippen LogP contribution < -0.4 is 0 Å². The van der Waals surface area contributed by atoms with Crippen LogP contribution in [0.3, 0.4) is 0 Å². The van der Waals surface area contributed by atoms with E-state index in [-0.39, 0.29) is 17.8 Å². The van der Waals surface area contributed by atoms with Crippen LogP contribution in [0.2, 0.25) is 0 Å². The molecule has 1 aliphatic heterocycles. The van der Waals surface area contributed by atoms with Crippen LogP contribution in [0.25, 0.3) is 0 Å². The van der Waals surface area contributed by atoms with Crippen molar-refractivity contribution in [2.45, 2.75) is 19.3 Å². The van der Waals surface area contributed by atoms with Crippen molar-refractivity contribution >= 4 is 5.78 Å². The van der Waals surface area contributed by atoms with E-state index in [0.717, 1.165) is 44.1 Å². The van der Waals surface area contributed by atoms with Gasteiger partial charge in [-0.2, -0.15) is 0 Å². The van der Waals surface area contributed by atoms with Crippen LogP contribution in [0.5, 0.6) is 0 Å². The summed E-state index contributed by atoms with van der Waals surface area (Å²) in [5, 5.41) is 0. The van der Waals surface area contributed by atoms with Gasteiger partial charge in [-0.1, -0.05) is 0 Å². The first kappa shape index (κ1) is 12.2. The van der Waals surface area contributed by atoms with Crippen molar-refractivity contribution < 1.29 is 13.6 Å². The van der Waals surface area contributed by atoms with Gasteiger partial charge in [0.05, 0.1) is 5.56 Å². The lowest BCUT2D eigenvalue weighted by Gasteiger charge is -2.13. The molecular weight excluding hydrogens is 224 g/mol. The molecule has 2 rings (SSSR count). The molecule has 1 fully saturated rings. The van der Waals surface area contributed by atoms with Gasteiger partial charge in [0.1, 0.15) is 11.6 Å². The fourth-order valence-electron chi connectivity index (χ4n) is 2.11. The van der Waals surface area contributed by atoms with E-state index in [1.54, 1.807) is 0 Å². The van der Waals surface area contributed by atoms with Gasteiger partial charge in [0.2, 0.25) is 0 Å². The molecule has 0 atom stereocenters. The third-order valence-electron chi connectivity index (χ3n) is 3.08. The maximum atomic E-state index is 13.3. The van der Waals surface area contributed by atoms with Gasteiger partial charge in [-0.05, 0) is 44.1 Å². The van der Waals surface area contributed by atoms with Gasteiger partial charge in [0.25, 0.3) is 0 Å². The molecule has 1 saturated heterocycles. The fraction of sp³-hybridized carbons (Fsp3) is 0.462. The Morgan fingerprint density at radius 1 is 1.24 bits per heavy atom. The molecular formula is C13H15F2NO. The molecule has 2 nitrogen and oxygen atoms in total. The van der Waals surface area contributed by atoms with Crippen molar-refractivity contribution in [3.05, 3.63) is 35.4 Å². The van der Waals surface area contributed by atoms with Crippen LogP contribution in [-0.2, 0) is 0 Å². The van der Waals surface area contributed by atoms with Gasteiger partial charge in [-0.15, -0.1) is 0 Å². The molecule has 1 aromatic carbocycles. The molecule has 0 saturated carbocycles. The predicted octanol–water partition coefficient (Wildman–Crippen LogP) is 2.63. The first-order valence-corrected chi connectivity index (χ1v) is 5.87. The summed E-state index contributed by atoms with van der Waals surface area (Å²) in [4.78, 5) is 13.9. The first-order chi connectivity index (χ1) is 8.16. The van der Waals surface area contributed by atoms with Crippen LogP contribution in [0, 0.1) is 11.6 Å². The van der Waals surface area contributed by atoms with E-state index in [9.17, 15) is 13.6 Å². The number of carbonyl (C=O) groups excluding carboxylic acids is 1. The highest BCUT2D eigenvalue weighted by molar-refractivity contribution is 5.96. The highest BCUT2D eigenvalue weighted by Gasteiger charge is 2.16. The van der Waals surface area contributed by atoms with Gasteiger partial charge in [0.15, 0.2) is 5.78 Å². The molecule has 0 amide bonds. The lowest BCUT2D eigenvalue weighted by atomic mass is 10.1. The molecule has 4 heteroatoms. The summed E-state index contributed by atoms with van der Waals surface area (Å²) in [6.45, 7) is 2.63. The summed E-state index contributed by atoms with van der Waals surface area (Å²) in [5.41, 5.74) is -0.135. The largest absolute Gasteiger partial charge is 0.303 e. The Morgan fingerprint density at radius 3 is 2.65 bits per heavy atom. The van der Waals surface area contributed by atoms with Crippen molar-refractivity contribution in [1.82, 2.24) is 4.90 Å². The SMILES string of the molecule is O=C(CCN1CCCC1)c1cc(F)ccc1F. The maximum absolute atomic E-state index is 13.3. The monoisotopic (exact) mass is 239 g/mol. The fourth-order valence-corrected chi connectivity index (χ4v) is 2.11. The van der Waals surface area contributed by atoms with E-state index in [0.29, 0.717) is 6.54 Å². The van der Waals surface area contributed by atoms with E-state index < -0.39 is 11.6 Å². The van der Waals surface area contributed by atoms with E-state index >= 15 is 0 Å². The minimum Gasteiger partial charge on any atom is -0.303 e. The van der Waals surface area contributed by atoms with Crippen molar-refractivity contribution in [1.29, 1.82) is 0 Å².